The Kier molecular flexibility index (Phi) is 5.30. The smallest absolute Gasteiger partial charge is 0.315 e. The molecule has 128 valence electrons. The number of amides is 1. The highest BCUT2D eigenvalue weighted by Crippen LogP contribution is 2.32. The predicted molar refractivity (Wildman–Crippen MR) is 91.1 cm³/mol. The van der Waals surface area contributed by atoms with E-state index in [4.69, 9.17) is 9.47 Å². The number of ether oxygens (including phenoxy) is 3. The Bertz CT molecular complexity index is 660. The van der Waals surface area contributed by atoms with Crippen molar-refractivity contribution in [3.05, 3.63) is 29.8 Å². The predicted octanol–water partition coefficient (Wildman–Crippen LogP) is 1.94. The van der Waals surface area contributed by atoms with Crippen LogP contribution in [0.5, 0.6) is 11.5 Å². The largest absolute Gasteiger partial charge is 0.468 e. The fourth-order valence-electron chi connectivity index (χ4n) is 2.60. The number of hydrogen-bond donors (Lipinski definition) is 0. The third kappa shape index (κ3) is 4.03. The van der Waals surface area contributed by atoms with Crippen LogP contribution in [0.4, 0.5) is 0 Å². The molecule has 0 aromatic heterocycles. The van der Waals surface area contributed by atoms with Gasteiger partial charge in [0.05, 0.1) is 12.9 Å². The molecule has 0 N–H and O–H groups in total. The van der Waals surface area contributed by atoms with E-state index in [-0.39, 0.29) is 23.9 Å². The van der Waals surface area contributed by atoms with Crippen molar-refractivity contribution in [2.24, 2.45) is 0 Å². The first-order chi connectivity index (χ1) is 11.7. The van der Waals surface area contributed by atoms with Gasteiger partial charge in [-0.05, 0) is 30.2 Å². The minimum atomic E-state index is -0.229. The highest BCUT2D eigenvalue weighted by atomic mass is 32.2. The Morgan fingerprint density at radius 2 is 2.21 bits per heavy atom. The van der Waals surface area contributed by atoms with Gasteiger partial charge in [-0.15, -0.1) is 11.8 Å². The fraction of sp³-hybridized carbons (Fsp3) is 0.412. The van der Waals surface area contributed by atoms with Gasteiger partial charge in [0, 0.05) is 24.4 Å². The molecule has 1 atom stereocenters. The van der Waals surface area contributed by atoms with Crippen molar-refractivity contribution in [1.82, 2.24) is 4.90 Å². The van der Waals surface area contributed by atoms with Crippen LogP contribution < -0.4 is 9.47 Å². The summed E-state index contributed by atoms with van der Waals surface area (Å²) in [6.45, 7) is 1.61. The zero-order valence-electron chi connectivity index (χ0n) is 13.4. The summed E-state index contributed by atoms with van der Waals surface area (Å²) in [7, 11) is 1.38. The molecular formula is C17H19NO5S. The second-order valence-electron chi connectivity index (χ2n) is 5.53. The van der Waals surface area contributed by atoms with Gasteiger partial charge in [0.15, 0.2) is 11.5 Å². The van der Waals surface area contributed by atoms with Crippen LogP contribution in [0.2, 0.25) is 0 Å². The summed E-state index contributed by atoms with van der Waals surface area (Å²) in [6.07, 6.45) is 4.25. The molecule has 1 aromatic rings. The maximum atomic E-state index is 12.3. The lowest BCUT2D eigenvalue weighted by molar-refractivity contribution is -0.137. The van der Waals surface area contributed by atoms with E-state index in [2.05, 4.69) is 4.74 Å². The minimum Gasteiger partial charge on any atom is -0.468 e. The summed E-state index contributed by atoms with van der Waals surface area (Å²) in [5, 5.41) is 0.284. The lowest BCUT2D eigenvalue weighted by Crippen LogP contribution is -2.27. The molecule has 2 aliphatic heterocycles. The van der Waals surface area contributed by atoms with Crippen molar-refractivity contribution >= 4 is 29.7 Å². The molecule has 6 nitrogen and oxygen atoms in total. The molecule has 0 unspecified atom stereocenters. The van der Waals surface area contributed by atoms with Gasteiger partial charge in [-0.25, -0.2) is 0 Å². The first-order valence-electron chi connectivity index (χ1n) is 7.71. The van der Waals surface area contributed by atoms with E-state index in [1.165, 1.54) is 7.11 Å². The van der Waals surface area contributed by atoms with E-state index in [1.54, 1.807) is 28.8 Å². The van der Waals surface area contributed by atoms with Crippen LogP contribution in [0.1, 0.15) is 12.0 Å². The second-order valence-corrected chi connectivity index (χ2v) is 6.82. The lowest BCUT2D eigenvalue weighted by atomic mass is 10.2. The molecule has 0 saturated carbocycles. The summed E-state index contributed by atoms with van der Waals surface area (Å²) in [4.78, 5) is 25.2. The van der Waals surface area contributed by atoms with Crippen LogP contribution in [-0.2, 0) is 14.3 Å². The Hall–Kier alpha value is -2.15. The molecule has 2 heterocycles. The molecular weight excluding hydrogens is 330 g/mol. The van der Waals surface area contributed by atoms with Crippen molar-refractivity contribution in [3.8, 4) is 11.5 Å². The van der Waals surface area contributed by atoms with Crippen LogP contribution in [0, 0.1) is 0 Å². The molecule has 0 radical (unpaired) electrons. The highest BCUT2D eigenvalue weighted by molar-refractivity contribution is 8.00. The molecule has 24 heavy (non-hydrogen) atoms. The first kappa shape index (κ1) is 16.7. The number of rotatable bonds is 5. The van der Waals surface area contributed by atoms with Gasteiger partial charge < -0.3 is 19.1 Å². The van der Waals surface area contributed by atoms with Gasteiger partial charge in [-0.2, -0.15) is 0 Å². The number of methoxy groups -OCH3 is 1. The summed E-state index contributed by atoms with van der Waals surface area (Å²) in [5.74, 6) is 1.51. The molecule has 0 aliphatic carbocycles. The zero-order valence-corrected chi connectivity index (χ0v) is 14.2. The topological polar surface area (TPSA) is 65.1 Å². The van der Waals surface area contributed by atoms with Crippen molar-refractivity contribution in [1.29, 1.82) is 0 Å². The number of carbonyl (C=O) groups excluding carboxylic acids is 2. The second kappa shape index (κ2) is 7.61. The molecule has 0 bridgehead atoms. The van der Waals surface area contributed by atoms with Gasteiger partial charge in [-0.3, -0.25) is 9.59 Å². The highest BCUT2D eigenvalue weighted by Gasteiger charge is 2.26. The number of thioether (sulfide) groups is 1. The summed E-state index contributed by atoms with van der Waals surface area (Å²) < 4.78 is 15.2. The van der Waals surface area contributed by atoms with E-state index in [9.17, 15) is 9.59 Å². The molecule has 1 saturated heterocycles. The monoisotopic (exact) mass is 349 g/mol. The third-order valence-corrected chi connectivity index (χ3v) is 5.19. The van der Waals surface area contributed by atoms with E-state index >= 15 is 0 Å². The maximum absolute atomic E-state index is 12.3. The molecule has 1 fully saturated rings. The van der Waals surface area contributed by atoms with Crippen molar-refractivity contribution in [2.45, 2.75) is 11.7 Å². The molecule has 1 amide bonds. The number of fused-ring (bicyclic) bond motifs is 1. The lowest BCUT2D eigenvalue weighted by Gasteiger charge is -2.14. The average molecular weight is 349 g/mol. The fourth-order valence-corrected chi connectivity index (χ4v) is 3.65. The van der Waals surface area contributed by atoms with Gasteiger partial charge >= 0.3 is 5.97 Å². The van der Waals surface area contributed by atoms with Gasteiger partial charge in [-0.1, -0.05) is 6.07 Å². The van der Waals surface area contributed by atoms with Crippen LogP contribution in [-0.4, -0.2) is 54.8 Å². The summed E-state index contributed by atoms with van der Waals surface area (Å²) in [5.41, 5.74) is 0.892. The number of hydrogen-bond acceptors (Lipinski definition) is 6. The van der Waals surface area contributed by atoms with Crippen molar-refractivity contribution < 1.29 is 23.8 Å². The molecule has 7 heteroatoms. The van der Waals surface area contributed by atoms with Crippen LogP contribution in [0.3, 0.4) is 0 Å². The molecule has 3 rings (SSSR count). The van der Waals surface area contributed by atoms with Crippen molar-refractivity contribution in [3.63, 3.8) is 0 Å². The van der Waals surface area contributed by atoms with E-state index in [1.807, 2.05) is 18.2 Å². The number of nitrogens with zero attached hydrogens (tertiary/aromatic N) is 1. The normalized spacial score (nSPS) is 19.0. The zero-order chi connectivity index (χ0) is 16.9. The molecule has 0 spiro atoms. The standard InChI is InChI=1S/C17H19NO5S/c1-21-17(20)10-24-13-6-7-18(9-13)16(19)5-3-12-2-4-14-15(8-12)23-11-22-14/h2-5,8,13H,6-7,9-11H2,1H3/b5-3+/t13-/m1/s1. The maximum Gasteiger partial charge on any atom is 0.315 e. The quantitative estimate of drug-likeness (QED) is 0.598. The Morgan fingerprint density at radius 1 is 1.38 bits per heavy atom. The molecule has 1 aromatic carbocycles. The van der Waals surface area contributed by atoms with E-state index in [0.717, 1.165) is 17.7 Å². The first-order valence-corrected chi connectivity index (χ1v) is 8.75. The van der Waals surface area contributed by atoms with Gasteiger partial charge in [0.2, 0.25) is 12.7 Å². The van der Waals surface area contributed by atoms with Crippen LogP contribution in [0.15, 0.2) is 24.3 Å². The Morgan fingerprint density at radius 3 is 3.04 bits per heavy atom. The van der Waals surface area contributed by atoms with E-state index in [0.29, 0.717) is 24.6 Å². The number of carbonyl (C=O) groups is 2. The Balaban J connectivity index is 1.51. The summed E-state index contributed by atoms with van der Waals surface area (Å²) in [6, 6.07) is 5.57. The summed E-state index contributed by atoms with van der Waals surface area (Å²) >= 11 is 1.54. The molecule has 2 aliphatic rings. The van der Waals surface area contributed by atoms with Crippen molar-refractivity contribution in [2.75, 3.05) is 32.7 Å². The van der Waals surface area contributed by atoms with Crippen LogP contribution in [0.25, 0.3) is 6.08 Å². The Labute approximate surface area is 144 Å². The minimum absolute atomic E-state index is 0.0196. The average Bonchev–Trinajstić information content (AvgIpc) is 3.26. The van der Waals surface area contributed by atoms with Crippen LogP contribution >= 0.6 is 11.8 Å². The van der Waals surface area contributed by atoms with Gasteiger partial charge in [0.25, 0.3) is 0 Å². The van der Waals surface area contributed by atoms with E-state index < -0.39 is 0 Å². The van der Waals surface area contributed by atoms with Gasteiger partial charge in [0.1, 0.15) is 0 Å². The SMILES string of the molecule is COC(=O)CS[C@@H]1CCN(C(=O)/C=C/c2ccc3c(c2)OCO3)C1. The third-order valence-electron chi connectivity index (χ3n) is 3.94. The number of likely N-dealkylation sites (tertiary alicyclic amines) is 1. The number of esters is 1. The number of benzene rings is 1.